The van der Waals surface area contributed by atoms with Gasteiger partial charge in [-0.1, -0.05) is 18.2 Å². The van der Waals surface area contributed by atoms with E-state index >= 15 is 0 Å². The van der Waals surface area contributed by atoms with Gasteiger partial charge >= 0.3 is 0 Å². The first-order valence-corrected chi connectivity index (χ1v) is 6.29. The lowest BCUT2D eigenvalue weighted by atomic mass is 9.92. The van der Waals surface area contributed by atoms with Gasteiger partial charge in [0.2, 0.25) is 0 Å². The quantitative estimate of drug-likeness (QED) is 0.771. The molecule has 19 heavy (non-hydrogen) atoms. The van der Waals surface area contributed by atoms with Crippen LogP contribution in [-0.4, -0.2) is 13.4 Å². The molecule has 0 aliphatic rings. The monoisotopic (exact) mass is 254 g/mol. The molecule has 0 fully saturated rings. The summed E-state index contributed by atoms with van der Waals surface area (Å²) >= 11 is 0. The van der Waals surface area contributed by atoms with Crippen molar-refractivity contribution in [2.24, 2.45) is 0 Å². The zero-order valence-electron chi connectivity index (χ0n) is 11.8. The highest BCUT2D eigenvalue weighted by molar-refractivity contribution is 5.83. The van der Waals surface area contributed by atoms with Gasteiger partial charge in [0.05, 0.1) is 7.11 Å². The standard InChI is InChI=1S/C17H18O2/c1-11-9-17(19-4)12(2)8-16(11)15-7-5-6-14(10-18)13(15)3/h5-10H,1-4H3. The van der Waals surface area contributed by atoms with Crippen molar-refractivity contribution in [3.8, 4) is 16.9 Å². The largest absolute Gasteiger partial charge is 0.496 e. The zero-order chi connectivity index (χ0) is 14.0. The minimum Gasteiger partial charge on any atom is -0.496 e. The molecular weight excluding hydrogens is 236 g/mol. The Bertz CT molecular complexity index is 627. The van der Waals surface area contributed by atoms with E-state index in [0.717, 1.165) is 45.4 Å². The molecule has 0 heterocycles. The van der Waals surface area contributed by atoms with Gasteiger partial charge in [0.15, 0.2) is 0 Å². The number of carbonyl (C=O) groups is 1. The molecule has 0 bridgehead atoms. The molecule has 0 radical (unpaired) electrons. The molecule has 2 aromatic rings. The topological polar surface area (TPSA) is 26.3 Å². The summed E-state index contributed by atoms with van der Waals surface area (Å²) in [4.78, 5) is 11.0. The highest BCUT2D eigenvalue weighted by Gasteiger charge is 2.10. The van der Waals surface area contributed by atoms with Gasteiger partial charge in [0, 0.05) is 5.56 Å². The zero-order valence-corrected chi connectivity index (χ0v) is 11.8. The van der Waals surface area contributed by atoms with Crippen LogP contribution >= 0.6 is 0 Å². The maximum absolute atomic E-state index is 11.0. The van der Waals surface area contributed by atoms with Gasteiger partial charge in [-0.05, 0) is 60.7 Å². The van der Waals surface area contributed by atoms with E-state index < -0.39 is 0 Å². The average Bonchev–Trinajstić information content (AvgIpc) is 2.41. The predicted molar refractivity (Wildman–Crippen MR) is 78.0 cm³/mol. The Morgan fingerprint density at radius 3 is 2.37 bits per heavy atom. The van der Waals surface area contributed by atoms with E-state index in [9.17, 15) is 4.79 Å². The number of aryl methyl sites for hydroxylation is 2. The fourth-order valence-corrected chi connectivity index (χ4v) is 2.37. The third kappa shape index (κ3) is 2.39. The van der Waals surface area contributed by atoms with Crippen LogP contribution < -0.4 is 4.74 Å². The Morgan fingerprint density at radius 1 is 1.00 bits per heavy atom. The fourth-order valence-electron chi connectivity index (χ4n) is 2.37. The van der Waals surface area contributed by atoms with E-state index in [0.29, 0.717) is 0 Å². The summed E-state index contributed by atoms with van der Waals surface area (Å²) in [5.41, 5.74) is 6.26. The average molecular weight is 254 g/mol. The predicted octanol–water partition coefficient (Wildman–Crippen LogP) is 4.10. The number of methoxy groups -OCH3 is 1. The third-order valence-corrected chi connectivity index (χ3v) is 3.53. The molecule has 2 heteroatoms. The van der Waals surface area contributed by atoms with Gasteiger partial charge in [-0.3, -0.25) is 4.79 Å². The van der Waals surface area contributed by atoms with Crippen LogP contribution in [0.15, 0.2) is 30.3 Å². The van der Waals surface area contributed by atoms with E-state index in [2.05, 4.69) is 19.1 Å². The van der Waals surface area contributed by atoms with Crippen molar-refractivity contribution in [2.75, 3.05) is 7.11 Å². The molecule has 2 aromatic carbocycles. The maximum Gasteiger partial charge on any atom is 0.150 e. The molecule has 0 saturated carbocycles. The van der Waals surface area contributed by atoms with Gasteiger partial charge in [-0.25, -0.2) is 0 Å². The Morgan fingerprint density at radius 2 is 1.74 bits per heavy atom. The van der Waals surface area contributed by atoms with E-state index in [4.69, 9.17) is 4.74 Å². The summed E-state index contributed by atoms with van der Waals surface area (Å²) in [6.07, 6.45) is 0.907. The van der Waals surface area contributed by atoms with E-state index in [-0.39, 0.29) is 0 Å². The minimum atomic E-state index is 0.741. The van der Waals surface area contributed by atoms with Crippen molar-refractivity contribution < 1.29 is 9.53 Å². The Balaban J connectivity index is 2.66. The summed E-state index contributed by atoms with van der Waals surface area (Å²) in [6.45, 7) is 6.07. The highest BCUT2D eigenvalue weighted by Crippen LogP contribution is 2.32. The molecule has 2 nitrogen and oxygen atoms in total. The first-order chi connectivity index (χ1) is 9.08. The second-order valence-corrected chi connectivity index (χ2v) is 4.77. The molecule has 0 atom stereocenters. The maximum atomic E-state index is 11.0. The van der Waals surface area contributed by atoms with Crippen LogP contribution in [0.1, 0.15) is 27.0 Å². The molecule has 0 aliphatic heterocycles. The van der Waals surface area contributed by atoms with Crippen LogP contribution in [0.2, 0.25) is 0 Å². The SMILES string of the molecule is COc1cc(C)c(-c2cccc(C=O)c2C)cc1C. The molecule has 2 rings (SSSR count). The van der Waals surface area contributed by atoms with Gasteiger partial charge in [-0.15, -0.1) is 0 Å². The summed E-state index contributed by atoms with van der Waals surface area (Å²) in [6, 6.07) is 9.97. The van der Waals surface area contributed by atoms with E-state index in [1.165, 1.54) is 0 Å². The van der Waals surface area contributed by atoms with Crippen molar-refractivity contribution in [1.82, 2.24) is 0 Å². The van der Waals surface area contributed by atoms with Crippen LogP contribution in [0.5, 0.6) is 5.75 Å². The first-order valence-electron chi connectivity index (χ1n) is 6.29. The van der Waals surface area contributed by atoms with Gasteiger partial charge < -0.3 is 4.74 Å². The molecule has 98 valence electrons. The van der Waals surface area contributed by atoms with Crippen molar-refractivity contribution in [3.05, 3.63) is 52.6 Å². The van der Waals surface area contributed by atoms with E-state index in [1.54, 1.807) is 7.11 Å². The van der Waals surface area contributed by atoms with Crippen LogP contribution in [0.3, 0.4) is 0 Å². The van der Waals surface area contributed by atoms with Crippen molar-refractivity contribution in [3.63, 3.8) is 0 Å². The fraction of sp³-hybridized carbons (Fsp3) is 0.235. The second-order valence-electron chi connectivity index (χ2n) is 4.77. The summed E-state index contributed by atoms with van der Waals surface area (Å²) < 4.78 is 5.34. The third-order valence-electron chi connectivity index (χ3n) is 3.53. The molecule has 0 amide bonds. The molecule has 0 unspecified atom stereocenters. The van der Waals surface area contributed by atoms with Gasteiger partial charge in [-0.2, -0.15) is 0 Å². The number of benzene rings is 2. The first kappa shape index (κ1) is 13.3. The lowest BCUT2D eigenvalue weighted by molar-refractivity contribution is 0.112. The van der Waals surface area contributed by atoms with Crippen LogP contribution in [-0.2, 0) is 0 Å². The van der Waals surface area contributed by atoms with Crippen molar-refractivity contribution in [2.45, 2.75) is 20.8 Å². The molecule has 0 N–H and O–H groups in total. The minimum absolute atomic E-state index is 0.741. The molecule has 0 aliphatic carbocycles. The number of carbonyl (C=O) groups excluding carboxylic acids is 1. The van der Waals surface area contributed by atoms with Crippen molar-refractivity contribution >= 4 is 6.29 Å². The van der Waals surface area contributed by atoms with Gasteiger partial charge in [0.25, 0.3) is 0 Å². The second kappa shape index (κ2) is 5.27. The highest BCUT2D eigenvalue weighted by atomic mass is 16.5. The molecule has 0 aromatic heterocycles. The van der Waals surface area contributed by atoms with Gasteiger partial charge in [0.1, 0.15) is 12.0 Å². The molecule has 0 spiro atoms. The number of aldehydes is 1. The number of rotatable bonds is 3. The smallest absolute Gasteiger partial charge is 0.150 e. The Hall–Kier alpha value is -2.09. The summed E-state index contributed by atoms with van der Waals surface area (Å²) in [5, 5.41) is 0. The number of hydrogen-bond donors (Lipinski definition) is 0. The Labute approximate surface area is 114 Å². The summed E-state index contributed by atoms with van der Waals surface area (Å²) in [5.74, 6) is 0.894. The Kier molecular flexibility index (Phi) is 3.70. The van der Waals surface area contributed by atoms with Crippen molar-refractivity contribution in [1.29, 1.82) is 0 Å². The van der Waals surface area contributed by atoms with Crippen LogP contribution in [0.25, 0.3) is 11.1 Å². The lowest BCUT2D eigenvalue weighted by Crippen LogP contribution is -1.95. The lowest BCUT2D eigenvalue weighted by Gasteiger charge is -2.14. The van der Waals surface area contributed by atoms with Crippen LogP contribution in [0.4, 0.5) is 0 Å². The van der Waals surface area contributed by atoms with E-state index in [1.807, 2.05) is 32.0 Å². The molecule has 0 saturated heterocycles. The number of hydrogen-bond acceptors (Lipinski definition) is 2. The normalized spacial score (nSPS) is 10.3. The molecular formula is C17H18O2. The number of ether oxygens (including phenoxy) is 1. The van der Waals surface area contributed by atoms with Crippen LogP contribution in [0, 0.1) is 20.8 Å². The summed E-state index contributed by atoms with van der Waals surface area (Å²) in [7, 11) is 1.68.